The Bertz CT molecular complexity index is 899. The van der Waals surface area contributed by atoms with Gasteiger partial charge in [0.2, 0.25) is 10.0 Å². The van der Waals surface area contributed by atoms with Crippen molar-refractivity contribution < 1.29 is 16.8 Å². The molecule has 0 saturated carbocycles. The molecule has 6 nitrogen and oxygen atoms in total. The SMILES string of the molecule is CC(C)(C)NS(=O)(=O)c1ccc(NS(=O)(=O)c2ccccc2)cc1. The predicted molar refractivity (Wildman–Crippen MR) is 93.8 cm³/mol. The zero-order valence-electron chi connectivity index (χ0n) is 13.6. The Morgan fingerprint density at radius 1 is 0.708 bits per heavy atom. The van der Waals surface area contributed by atoms with Crippen LogP contribution in [0.2, 0.25) is 0 Å². The average Bonchev–Trinajstić information content (AvgIpc) is 2.46. The van der Waals surface area contributed by atoms with Gasteiger partial charge in [-0.1, -0.05) is 18.2 Å². The van der Waals surface area contributed by atoms with Crippen LogP contribution >= 0.6 is 0 Å². The number of hydrogen-bond acceptors (Lipinski definition) is 4. The van der Waals surface area contributed by atoms with Gasteiger partial charge in [-0.3, -0.25) is 4.72 Å². The fourth-order valence-corrected chi connectivity index (χ4v) is 4.48. The van der Waals surface area contributed by atoms with E-state index >= 15 is 0 Å². The molecule has 0 radical (unpaired) electrons. The lowest BCUT2D eigenvalue weighted by atomic mass is 10.1. The molecule has 0 saturated heterocycles. The summed E-state index contributed by atoms with van der Waals surface area (Å²) in [4.78, 5) is 0.205. The van der Waals surface area contributed by atoms with E-state index in [0.717, 1.165) is 0 Å². The van der Waals surface area contributed by atoms with Crippen molar-refractivity contribution in [3.8, 4) is 0 Å². The zero-order valence-corrected chi connectivity index (χ0v) is 15.3. The minimum Gasteiger partial charge on any atom is -0.280 e. The minimum absolute atomic E-state index is 0.0695. The largest absolute Gasteiger partial charge is 0.280 e. The van der Waals surface area contributed by atoms with E-state index in [2.05, 4.69) is 9.44 Å². The monoisotopic (exact) mass is 368 g/mol. The van der Waals surface area contributed by atoms with E-state index in [-0.39, 0.29) is 15.5 Å². The Labute approximate surface area is 143 Å². The van der Waals surface area contributed by atoms with Crippen LogP contribution in [0.4, 0.5) is 5.69 Å². The number of rotatable bonds is 5. The molecule has 0 unspecified atom stereocenters. The van der Waals surface area contributed by atoms with Crippen LogP contribution in [0, 0.1) is 0 Å². The lowest BCUT2D eigenvalue weighted by Crippen LogP contribution is -2.40. The minimum atomic E-state index is -3.71. The van der Waals surface area contributed by atoms with E-state index in [1.165, 1.54) is 36.4 Å². The Morgan fingerprint density at radius 2 is 1.21 bits per heavy atom. The fraction of sp³-hybridized carbons (Fsp3) is 0.250. The summed E-state index contributed by atoms with van der Waals surface area (Å²) in [5, 5.41) is 0. The van der Waals surface area contributed by atoms with Crippen molar-refractivity contribution in [3.05, 3.63) is 54.6 Å². The van der Waals surface area contributed by atoms with Crippen LogP contribution in [-0.2, 0) is 20.0 Å². The third kappa shape index (κ3) is 4.80. The molecule has 0 fully saturated rings. The van der Waals surface area contributed by atoms with E-state index in [4.69, 9.17) is 0 Å². The van der Waals surface area contributed by atoms with Gasteiger partial charge >= 0.3 is 0 Å². The molecule has 2 aromatic rings. The Balaban J connectivity index is 2.22. The molecule has 0 amide bonds. The van der Waals surface area contributed by atoms with Crippen molar-refractivity contribution >= 4 is 25.7 Å². The van der Waals surface area contributed by atoms with Crippen LogP contribution in [0.25, 0.3) is 0 Å². The number of anilines is 1. The highest BCUT2D eigenvalue weighted by atomic mass is 32.2. The maximum Gasteiger partial charge on any atom is 0.261 e. The number of benzene rings is 2. The highest BCUT2D eigenvalue weighted by molar-refractivity contribution is 7.92. The molecule has 130 valence electrons. The predicted octanol–water partition coefficient (Wildman–Crippen LogP) is 2.56. The first-order valence-corrected chi connectivity index (χ1v) is 10.2. The highest BCUT2D eigenvalue weighted by Gasteiger charge is 2.22. The summed E-state index contributed by atoms with van der Waals surface area (Å²) in [6, 6.07) is 13.5. The number of hydrogen-bond donors (Lipinski definition) is 2. The van der Waals surface area contributed by atoms with Gasteiger partial charge in [-0.25, -0.2) is 21.6 Å². The quantitative estimate of drug-likeness (QED) is 0.848. The molecule has 0 spiro atoms. The summed E-state index contributed by atoms with van der Waals surface area (Å²) < 4.78 is 53.8. The van der Waals surface area contributed by atoms with Gasteiger partial charge in [-0.2, -0.15) is 0 Å². The maximum absolute atomic E-state index is 12.2. The van der Waals surface area contributed by atoms with Crippen LogP contribution < -0.4 is 9.44 Å². The maximum atomic E-state index is 12.2. The summed E-state index contributed by atoms with van der Waals surface area (Å²) in [5.74, 6) is 0. The van der Waals surface area contributed by atoms with Crippen LogP contribution in [0.1, 0.15) is 20.8 Å². The molecule has 2 N–H and O–H groups in total. The first kappa shape index (κ1) is 18.4. The van der Waals surface area contributed by atoms with Gasteiger partial charge in [-0.15, -0.1) is 0 Å². The van der Waals surface area contributed by atoms with E-state index in [0.29, 0.717) is 0 Å². The second-order valence-corrected chi connectivity index (χ2v) is 9.66. The van der Waals surface area contributed by atoms with Crippen molar-refractivity contribution in [2.45, 2.75) is 36.1 Å². The van der Waals surface area contributed by atoms with Gasteiger partial charge in [0.25, 0.3) is 10.0 Å². The van der Waals surface area contributed by atoms with Crippen molar-refractivity contribution in [3.63, 3.8) is 0 Å². The Kier molecular flexibility index (Phi) is 5.03. The summed E-state index contributed by atoms with van der Waals surface area (Å²) in [5.41, 5.74) is -0.319. The standard InChI is InChI=1S/C16H20N2O4S2/c1-16(2,3)18-24(21,22)15-11-9-13(10-12-15)17-23(19,20)14-7-5-4-6-8-14/h4-12,17-18H,1-3H3. The van der Waals surface area contributed by atoms with Gasteiger partial charge in [0, 0.05) is 11.2 Å². The van der Waals surface area contributed by atoms with Gasteiger partial charge in [-0.05, 0) is 57.2 Å². The molecule has 2 rings (SSSR count). The van der Waals surface area contributed by atoms with Crippen LogP contribution in [0.15, 0.2) is 64.4 Å². The molecular formula is C16H20N2O4S2. The topological polar surface area (TPSA) is 92.3 Å². The summed E-state index contributed by atoms with van der Waals surface area (Å²) in [7, 11) is -7.36. The van der Waals surface area contributed by atoms with Crippen molar-refractivity contribution in [1.29, 1.82) is 0 Å². The zero-order chi connectivity index (χ0) is 18.0. The molecule has 0 heterocycles. The van der Waals surface area contributed by atoms with Crippen LogP contribution in [0.3, 0.4) is 0 Å². The molecule has 8 heteroatoms. The van der Waals surface area contributed by atoms with Crippen LogP contribution in [-0.4, -0.2) is 22.4 Å². The van der Waals surface area contributed by atoms with Gasteiger partial charge in [0.05, 0.1) is 9.79 Å². The second-order valence-electron chi connectivity index (χ2n) is 6.30. The first-order valence-electron chi connectivity index (χ1n) is 7.22. The van der Waals surface area contributed by atoms with Crippen molar-refractivity contribution in [1.82, 2.24) is 4.72 Å². The lowest BCUT2D eigenvalue weighted by Gasteiger charge is -2.20. The van der Waals surface area contributed by atoms with E-state index in [1.807, 2.05) is 0 Å². The van der Waals surface area contributed by atoms with Gasteiger partial charge in [0.15, 0.2) is 0 Å². The number of sulfonamides is 2. The molecular weight excluding hydrogens is 348 g/mol. The summed E-state index contributed by atoms with van der Waals surface area (Å²) in [6.45, 7) is 5.23. The summed E-state index contributed by atoms with van der Waals surface area (Å²) in [6.07, 6.45) is 0. The third-order valence-corrected chi connectivity index (χ3v) is 6.08. The van der Waals surface area contributed by atoms with Crippen LogP contribution in [0.5, 0.6) is 0 Å². The Morgan fingerprint density at radius 3 is 1.71 bits per heavy atom. The molecule has 0 atom stereocenters. The molecule has 0 bridgehead atoms. The summed E-state index contributed by atoms with van der Waals surface area (Å²) >= 11 is 0. The van der Waals surface area contributed by atoms with Gasteiger partial charge < -0.3 is 0 Å². The highest BCUT2D eigenvalue weighted by Crippen LogP contribution is 2.19. The fourth-order valence-electron chi connectivity index (χ4n) is 1.98. The average molecular weight is 368 g/mol. The third-order valence-electron chi connectivity index (χ3n) is 2.91. The molecule has 0 aromatic heterocycles. The smallest absolute Gasteiger partial charge is 0.261 e. The molecule has 2 aromatic carbocycles. The molecule has 0 aliphatic rings. The van der Waals surface area contributed by atoms with Crippen molar-refractivity contribution in [2.24, 2.45) is 0 Å². The molecule has 0 aliphatic heterocycles. The number of nitrogens with one attached hydrogen (secondary N) is 2. The van der Waals surface area contributed by atoms with E-state index in [1.54, 1.807) is 39.0 Å². The normalized spacial score (nSPS) is 12.8. The first-order chi connectivity index (χ1) is 11.0. The second kappa shape index (κ2) is 6.54. The molecule has 24 heavy (non-hydrogen) atoms. The Hall–Kier alpha value is -1.90. The van der Waals surface area contributed by atoms with E-state index in [9.17, 15) is 16.8 Å². The van der Waals surface area contributed by atoms with Crippen molar-refractivity contribution in [2.75, 3.05) is 4.72 Å². The molecule has 0 aliphatic carbocycles. The van der Waals surface area contributed by atoms with Gasteiger partial charge in [0.1, 0.15) is 0 Å². The van der Waals surface area contributed by atoms with E-state index < -0.39 is 25.6 Å². The lowest BCUT2D eigenvalue weighted by molar-refractivity contribution is 0.491.